The maximum absolute atomic E-state index is 10.6. The van der Waals surface area contributed by atoms with Crippen molar-refractivity contribution < 1.29 is 19.7 Å². The van der Waals surface area contributed by atoms with Gasteiger partial charge in [0.05, 0.1) is 25.4 Å². The normalized spacial score (nSPS) is 15.1. The molecule has 39 heavy (non-hydrogen) atoms. The van der Waals surface area contributed by atoms with Crippen molar-refractivity contribution in [2.24, 2.45) is 11.8 Å². The molecule has 0 saturated heterocycles. The van der Waals surface area contributed by atoms with Crippen molar-refractivity contribution in [2.75, 3.05) is 46.1 Å². The summed E-state index contributed by atoms with van der Waals surface area (Å²) in [6.07, 6.45) is 21.9. The minimum absolute atomic E-state index is 0.373. The second-order valence-electron chi connectivity index (χ2n) is 12.4. The van der Waals surface area contributed by atoms with Crippen LogP contribution in [0.5, 0.6) is 0 Å². The van der Waals surface area contributed by atoms with Crippen molar-refractivity contribution in [3.63, 3.8) is 0 Å². The van der Waals surface area contributed by atoms with Crippen LogP contribution in [0.15, 0.2) is 0 Å². The van der Waals surface area contributed by atoms with Gasteiger partial charge >= 0.3 is 0 Å². The molecular weight excluding hydrogens is 486 g/mol. The molecule has 236 valence electrons. The molecule has 0 aromatic carbocycles. The number of hydrogen-bond donors (Lipinski definition) is 2. The van der Waals surface area contributed by atoms with E-state index in [1.54, 1.807) is 0 Å². The smallest absolute Gasteiger partial charge is 0.0900 e. The molecule has 0 rings (SSSR count). The molecule has 0 bridgehead atoms. The van der Waals surface area contributed by atoms with Gasteiger partial charge in [-0.05, 0) is 50.5 Å². The Morgan fingerprint density at radius 3 is 1.31 bits per heavy atom. The lowest BCUT2D eigenvalue weighted by Gasteiger charge is -2.27. The second kappa shape index (κ2) is 29.3. The third kappa shape index (κ3) is 27.7. The molecule has 4 unspecified atom stereocenters. The summed E-state index contributed by atoms with van der Waals surface area (Å²) in [5.41, 5.74) is 0. The Morgan fingerprint density at radius 1 is 0.538 bits per heavy atom. The first kappa shape index (κ1) is 38.8. The van der Waals surface area contributed by atoms with E-state index < -0.39 is 12.2 Å². The molecule has 0 amide bonds. The molecule has 0 aromatic heterocycles. The Hall–Kier alpha value is -0.200. The van der Waals surface area contributed by atoms with Crippen molar-refractivity contribution in [1.82, 2.24) is 4.90 Å². The second-order valence-corrected chi connectivity index (χ2v) is 12.4. The van der Waals surface area contributed by atoms with E-state index in [9.17, 15) is 10.2 Å². The van der Waals surface area contributed by atoms with Gasteiger partial charge in [0, 0.05) is 26.3 Å². The Labute approximate surface area is 244 Å². The highest BCUT2D eigenvalue weighted by atomic mass is 16.5. The highest BCUT2D eigenvalue weighted by Gasteiger charge is 2.16. The predicted molar refractivity (Wildman–Crippen MR) is 169 cm³/mol. The number of aliphatic hydroxyl groups is 2. The van der Waals surface area contributed by atoms with Crippen LogP contribution in [0.4, 0.5) is 0 Å². The van der Waals surface area contributed by atoms with Gasteiger partial charge in [-0.1, -0.05) is 118 Å². The van der Waals surface area contributed by atoms with E-state index in [1.807, 2.05) is 0 Å². The zero-order valence-corrected chi connectivity index (χ0v) is 27.1. The van der Waals surface area contributed by atoms with Gasteiger partial charge in [-0.2, -0.15) is 0 Å². The van der Waals surface area contributed by atoms with Gasteiger partial charge in [0.25, 0.3) is 0 Å². The molecule has 0 aliphatic carbocycles. The molecule has 2 N–H and O–H groups in total. The fourth-order valence-corrected chi connectivity index (χ4v) is 5.05. The topological polar surface area (TPSA) is 62.2 Å². The van der Waals surface area contributed by atoms with Crippen LogP contribution in [0.1, 0.15) is 150 Å². The SMILES string of the molecule is CCCCCCCCCCCCCCN(CC(O)COCCCC(C)CC)CC(O)COCCCC(C)CC. The number of hydrogen-bond acceptors (Lipinski definition) is 5. The lowest BCUT2D eigenvalue weighted by Crippen LogP contribution is -2.41. The molecule has 4 atom stereocenters. The van der Waals surface area contributed by atoms with Gasteiger partial charge in [0.15, 0.2) is 0 Å². The fraction of sp³-hybridized carbons (Fsp3) is 1.00. The summed E-state index contributed by atoms with van der Waals surface area (Å²) in [6, 6.07) is 0. The molecule has 0 fully saturated rings. The molecule has 0 spiro atoms. The van der Waals surface area contributed by atoms with Crippen LogP contribution in [0.2, 0.25) is 0 Å². The molecule has 0 saturated carbocycles. The van der Waals surface area contributed by atoms with Crippen molar-refractivity contribution in [1.29, 1.82) is 0 Å². The monoisotopic (exact) mass is 558 g/mol. The fourth-order valence-electron chi connectivity index (χ4n) is 5.05. The Kier molecular flexibility index (Phi) is 29.1. The van der Waals surface area contributed by atoms with Gasteiger partial charge in [0.2, 0.25) is 0 Å². The van der Waals surface area contributed by atoms with Crippen LogP contribution in [0, 0.1) is 11.8 Å². The zero-order chi connectivity index (χ0) is 29.0. The Balaban J connectivity index is 4.23. The van der Waals surface area contributed by atoms with Gasteiger partial charge in [-0.3, -0.25) is 4.90 Å². The molecule has 5 heteroatoms. The van der Waals surface area contributed by atoms with Crippen molar-refractivity contribution >= 4 is 0 Å². The zero-order valence-electron chi connectivity index (χ0n) is 27.1. The molecule has 0 aliphatic rings. The van der Waals surface area contributed by atoms with E-state index in [1.165, 1.54) is 96.3 Å². The van der Waals surface area contributed by atoms with Crippen molar-refractivity contribution in [2.45, 2.75) is 162 Å². The Morgan fingerprint density at radius 2 is 0.923 bits per heavy atom. The average Bonchev–Trinajstić information content (AvgIpc) is 2.92. The van der Waals surface area contributed by atoms with E-state index in [-0.39, 0.29) is 0 Å². The summed E-state index contributed by atoms with van der Waals surface area (Å²) >= 11 is 0. The molecule has 0 radical (unpaired) electrons. The number of nitrogens with zero attached hydrogens (tertiary/aromatic N) is 1. The molecular formula is C34H71NO4. The maximum Gasteiger partial charge on any atom is 0.0900 e. The highest BCUT2D eigenvalue weighted by Crippen LogP contribution is 2.13. The first-order chi connectivity index (χ1) is 18.9. The van der Waals surface area contributed by atoms with Crippen LogP contribution in [0.25, 0.3) is 0 Å². The van der Waals surface area contributed by atoms with E-state index in [0.717, 1.165) is 37.6 Å². The minimum Gasteiger partial charge on any atom is -0.389 e. The van der Waals surface area contributed by atoms with E-state index in [2.05, 4.69) is 39.5 Å². The maximum atomic E-state index is 10.6. The van der Waals surface area contributed by atoms with Crippen LogP contribution in [-0.2, 0) is 9.47 Å². The largest absolute Gasteiger partial charge is 0.389 e. The summed E-state index contributed by atoms with van der Waals surface area (Å²) in [5.74, 6) is 1.48. The van der Waals surface area contributed by atoms with Gasteiger partial charge < -0.3 is 19.7 Å². The average molecular weight is 558 g/mol. The number of ether oxygens (including phenoxy) is 2. The summed E-state index contributed by atoms with van der Waals surface area (Å²) in [6.45, 7) is 15.5. The van der Waals surface area contributed by atoms with Gasteiger partial charge in [0.1, 0.15) is 0 Å². The van der Waals surface area contributed by atoms with E-state index in [4.69, 9.17) is 9.47 Å². The predicted octanol–water partition coefficient (Wildman–Crippen LogP) is 8.40. The summed E-state index contributed by atoms with van der Waals surface area (Å²) in [4.78, 5) is 2.22. The van der Waals surface area contributed by atoms with Gasteiger partial charge in [-0.25, -0.2) is 0 Å². The van der Waals surface area contributed by atoms with Crippen LogP contribution in [-0.4, -0.2) is 73.4 Å². The van der Waals surface area contributed by atoms with Crippen molar-refractivity contribution in [3.05, 3.63) is 0 Å². The lowest BCUT2D eigenvalue weighted by molar-refractivity contribution is -0.0117. The van der Waals surface area contributed by atoms with Crippen LogP contribution < -0.4 is 0 Å². The number of aliphatic hydroxyl groups excluding tert-OH is 2. The summed E-state index contributed by atoms with van der Waals surface area (Å²) in [7, 11) is 0. The van der Waals surface area contributed by atoms with Crippen LogP contribution >= 0.6 is 0 Å². The first-order valence-electron chi connectivity index (χ1n) is 17.2. The van der Waals surface area contributed by atoms with Crippen LogP contribution in [0.3, 0.4) is 0 Å². The lowest BCUT2D eigenvalue weighted by atomic mass is 10.0. The number of rotatable bonds is 31. The molecule has 5 nitrogen and oxygen atoms in total. The molecule has 0 heterocycles. The first-order valence-corrected chi connectivity index (χ1v) is 17.2. The van der Waals surface area contributed by atoms with Crippen molar-refractivity contribution in [3.8, 4) is 0 Å². The molecule has 0 aliphatic heterocycles. The van der Waals surface area contributed by atoms with E-state index >= 15 is 0 Å². The third-order valence-electron chi connectivity index (χ3n) is 8.25. The minimum atomic E-state index is -0.519. The molecule has 0 aromatic rings. The quantitative estimate of drug-likeness (QED) is 0.0838. The van der Waals surface area contributed by atoms with Gasteiger partial charge in [-0.15, -0.1) is 0 Å². The number of unbranched alkanes of at least 4 members (excludes halogenated alkanes) is 11. The summed E-state index contributed by atoms with van der Waals surface area (Å²) < 4.78 is 11.5. The standard InChI is InChI=1S/C34H71NO4/c1-6-9-10-11-12-13-14-15-16-17-18-19-24-35(27-33(36)29-38-25-20-22-31(4)7-2)28-34(37)30-39-26-21-23-32(5)8-3/h31-34,36-37H,6-30H2,1-5H3. The Bertz CT molecular complexity index is 450. The highest BCUT2D eigenvalue weighted by molar-refractivity contribution is 4.69. The third-order valence-corrected chi connectivity index (χ3v) is 8.25. The summed E-state index contributed by atoms with van der Waals surface area (Å²) in [5, 5.41) is 21.2. The van der Waals surface area contributed by atoms with E-state index in [0.29, 0.717) is 39.5 Å².